The van der Waals surface area contributed by atoms with Crippen LogP contribution in [0.5, 0.6) is 0 Å². The Morgan fingerprint density at radius 2 is 1.70 bits per heavy atom. The predicted molar refractivity (Wildman–Crippen MR) is 81.3 cm³/mol. The molecule has 0 spiro atoms. The quantitative estimate of drug-likeness (QED) is 0.685. The summed E-state index contributed by atoms with van der Waals surface area (Å²) >= 11 is 0. The van der Waals surface area contributed by atoms with E-state index in [9.17, 15) is 8.78 Å². The minimum absolute atomic E-state index is 0.105. The van der Waals surface area contributed by atoms with Gasteiger partial charge in [-0.2, -0.15) is 0 Å². The first-order chi connectivity index (χ1) is 9.43. The van der Waals surface area contributed by atoms with Crippen LogP contribution in [0.15, 0.2) is 0 Å². The van der Waals surface area contributed by atoms with E-state index in [1.165, 1.54) is 38.5 Å². The lowest BCUT2D eigenvalue weighted by molar-refractivity contribution is 0.0686. The summed E-state index contributed by atoms with van der Waals surface area (Å²) in [5.74, 6) is 0.636. The van der Waals surface area contributed by atoms with Crippen molar-refractivity contribution in [2.24, 2.45) is 11.3 Å². The fourth-order valence-electron chi connectivity index (χ4n) is 3.37. The van der Waals surface area contributed by atoms with Crippen LogP contribution in [-0.2, 0) is 0 Å². The van der Waals surface area contributed by atoms with Crippen LogP contribution in [-0.4, -0.2) is 44.6 Å². The number of hydrogen-bond acceptors (Lipinski definition) is 2. The molecule has 0 bridgehead atoms. The highest BCUT2D eigenvalue weighted by molar-refractivity contribution is 4.86. The molecule has 2 nitrogen and oxygen atoms in total. The normalized spacial score (nSPS) is 19.8. The zero-order valence-electron chi connectivity index (χ0n) is 13.4. The molecule has 1 rings (SSSR count). The van der Waals surface area contributed by atoms with E-state index in [2.05, 4.69) is 19.2 Å². The molecule has 0 unspecified atom stereocenters. The van der Waals surface area contributed by atoms with Crippen molar-refractivity contribution in [3.05, 3.63) is 0 Å². The molecule has 0 saturated heterocycles. The lowest BCUT2D eigenvalue weighted by atomic mass is 9.79. The fourth-order valence-corrected chi connectivity index (χ4v) is 3.37. The van der Waals surface area contributed by atoms with Crippen LogP contribution in [0.2, 0.25) is 0 Å². The van der Waals surface area contributed by atoms with Crippen molar-refractivity contribution >= 4 is 0 Å². The van der Waals surface area contributed by atoms with Gasteiger partial charge < -0.3 is 10.2 Å². The molecule has 1 aliphatic rings. The Kier molecular flexibility index (Phi) is 7.96. The van der Waals surface area contributed by atoms with Gasteiger partial charge in [-0.1, -0.05) is 39.5 Å². The number of nitrogens with zero attached hydrogens (tertiary/aromatic N) is 1. The number of hydrogen-bond donors (Lipinski definition) is 1. The van der Waals surface area contributed by atoms with Gasteiger partial charge in [0.1, 0.15) is 0 Å². The molecule has 1 fully saturated rings. The first-order valence-corrected chi connectivity index (χ1v) is 8.11. The Hall–Kier alpha value is -0.220. The van der Waals surface area contributed by atoms with Crippen LogP contribution >= 0.6 is 0 Å². The van der Waals surface area contributed by atoms with Gasteiger partial charge in [0, 0.05) is 13.1 Å². The maximum absolute atomic E-state index is 12.5. The summed E-state index contributed by atoms with van der Waals surface area (Å²) in [7, 11) is 1.83. The second kappa shape index (κ2) is 8.93. The molecular weight excluding hydrogens is 258 g/mol. The van der Waals surface area contributed by atoms with Gasteiger partial charge in [0.15, 0.2) is 0 Å². The predicted octanol–water partition coefficient (Wildman–Crippen LogP) is 3.77. The minimum atomic E-state index is -2.23. The lowest BCUT2D eigenvalue weighted by Crippen LogP contribution is -2.44. The zero-order chi connectivity index (χ0) is 15.0. The van der Waals surface area contributed by atoms with Crippen molar-refractivity contribution in [1.82, 2.24) is 10.2 Å². The van der Waals surface area contributed by atoms with Gasteiger partial charge in [0.05, 0.1) is 6.54 Å². The van der Waals surface area contributed by atoms with Gasteiger partial charge in [-0.15, -0.1) is 0 Å². The molecule has 1 saturated carbocycles. The lowest BCUT2D eigenvalue weighted by Gasteiger charge is -2.37. The average molecular weight is 290 g/mol. The van der Waals surface area contributed by atoms with Crippen molar-refractivity contribution in [3.8, 4) is 0 Å². The number of rotatable bonds is 8. The highest BCUT2D eigenvalue weighted by atomic mass is 19.3. The SMILES string of the molecule is CC(C)CNCC1(CN(C)CC(F)F)CCCCCC1. The highest BCUT2D eigenvalue weighted by Crippen LogP contribution is 2.35. The summed E-state index contributed by atoms with van der Waals surface area (Å²) in [6.45, 7) is 7.08. The Labute approximate surface area is 123 Å². The first kappa shape index (κ1) is 17.8. The van der Waals surface area contributed by atoms with E-state index in [1.54, 1.807) is 0 Å². The molecule has 0 aromatic carbocycles. The minimum Gasteiger partial charge on any atom is -0.316 e. The Morgan fingerprint density at radius 3 is 2.20 bits per heavy atom. The fraction of sp³-hybridized carbons (Fsp3) is 1.00. The third-order valence-corrected chi connectivity index (χ3v) is 4.27. The summed E-state index contributed by atoms with van der Waals surface area (Å²) in [6, 6.07) is 0. The molecule has 120 valence electrons. The summed E-state index contributed by atoms with van der Waals surface area (Å²) in [6.07, 6.45) is 5.19. The van der Waals surface area contributed by atoms with Gasteiger partial charge in [0.2, 0.25) is 0 Å². The molecule has 20 heavy (non-hydrogen) atoms. The van der Waals surface area contributed by atoms with E-state index in [0.717, 1.165) is 19.6 Å². The molecule has 0 radical (unpaired) electrons. The van der Waals surface area contributed by atoms with E-state index in [0.29, 0.717) is 5.92 Å². The number of nitrogens with one attached hydrogen (secondary N) is 1. The molecule has 1 aliphatic carbocycles. The maximum Gasteiger partial charge on any atom is 0.251 e. The molecule has 0 aromatic heterocycles. The van der Waals surface area contributed by atoms with Gasteiger partial charge in [-0.05, 0) is 37.8 Å². The van der Waals surface area contributed by atoms with Crippen molar-refractivity contribution in [3.63, 3.8) is 0 Å². The molecule has 0 aromatic rings. The van der Waals surface area contributed by atoms with Crippen LogP contribution in [0, 0.1) is 11.3 Å². The summed E-state index contributed by atoms with van der Waals surface area (Å²) in [4.78, 5) is 1.83. The first-order valence-electron chi connectivity index (χ1n) is 8.11. The van der Waals surface area contributed by atoms with E-state index >= 15 is 0 Å². The average Bonchev–Trinajstić information content (AvgIpc) is 2.53. The summed E-state index contributed by atoms with van der Waals surface area (Å²) < 4.78 is 25.1. The Morgan fingerprint density at radius 1 is 1.10 bits per heavy atom. The summed E-state index contributed by atoms with van der Waals surface area (Å²) in [5, 5.41) is 3.57. The van der Waals surface area contributed by atoms with Gasteiger partial charge in [0.25, 0.3) is 6.43 Å². The second-order valence-electron chi connectivity index (χ2n) is 7.03. The van der Waals surface area contributed by atoms with Crippen LogP contribution in [0.4, 0.5) is 8.78 Å². The Bertz CT molecular complexity index is 249. The molecule has 0 atom stereocenters. The van der Waals surface area contributed by atoms with Crippen molar-refractivity contribution in [1.29, 1.82) is 0 Å². The van der Waals surface area contributed by atoms with Crippen LogP contribution in [0.3, 0.4) is 0 Å². The third kappa shape index (κ3) is 6.98. The standard InChI is InChI=1S/C16H32F2N2/c1-14(2)10-19-12-16(8-6-4-5-7-9-16)13-20(3)11-15(17)18/h14-15,19H,4-13H2,1-3H3. The molecule has 0 aliphatic heterocycles. The van der Waals surface area contributed by atoms with Crippen molar-refractivity contribution < 1.29 is 8.78 Å². The molecule has 0 amide bonds. The van der Waals surface area contributed by atoms with Gasteiger partial charge in [-0.25, -0.2) is 8.78 Å². The van der Waals surface area contributed by atoms with Crippen molar-refractivity contribution in [2.45, 2.75) is 58.8 Å². The molecule has 4 heteroatoms. The number of alkyl halides is 2. The maximum atomic E-state index is 12.5. The van der Waals surface area contributed by atoms with Crippen LogP contribution < -0.4 is 5.32 Å². The van der Waals surface area contributed by atoms with Crippen LogP contribution in [0.1, 0.15) is 52.4 Å². The van der Waals surface area contributed by atoms with Gasteiger partial charge in [-0.3, -0.25) is 0 Å². The molecule has 1 N–H and O–H groups in total. The van der Waals surface area contributed by atoms with Crippen molar-refractivity contribution in [2.75, 3.05) is 33.2 Å². The van der Waals surface area contributed by atoms with Crippen LogP contribution in [0.25, 0.3) is 0 Å². The second-order valence-corrected chi connectivity index (χ2v) is 7.03. The highest BCUT2D eigenvalue weighted by Gasteiger charge is 2.32. The number of halogens is 2. The summed E-state index contributed by atoms with van der Waals surface area (Å²) in [5.41, 5.74) is 0.190. The molecular formula is C16H32F2N2. The topological polar surface area (TPSA) is 15.3 Å². The van der Waals surface area contributed by atoms with Gasteiger partial charge >= 0.3 is 0 Å². The largest absolute Gasteiger partial charge is 0.316 e. The van der Waals surface area contributed by atoms with E-state index < -0.39 is 6.43 Å². The molecule has 0 heterocycles. The zero-order valence-corrected chi connectivity index (χ0v) is 13.4. The Balaban J connectivity index is 2.57. The third-order valence-electron chi connectivity index (χ3n) is 4.27. The van der Waals surface area contributed by atoms with E-state index in [-0.39, 0.29) is 12.0 Å². The van der Waals surface area contributed by atoms with E-state index in [4.69, 9.17) is 0 Å². The van der Waals surface area contributed by atoms with E-state index in [1.807, 2.05) is 11.9 Å². The smallest absolute Gasteiger partial charge is 0.251 e. The monoisotopic (exact) mass is 290 g/mol.